The van der Waals surface area contributed by atoms with E-state index in [9.17, 15) is 4.39 Å². The monoisotopic (exact) mass is 521 g/mol. The standard InChI is InChI=1S/C22H24FN5O.HI/c1-2-24-22(26-13-11-19-7-3-4-12-25-19)28-16-17-9-10-21(27-15-17)29-20-8-5-6-18(23)14-20;/h3-10,12,14-15H,2,11,13,16H2,1H3,(H2,24,26,28);1H. The van der Waals surface area contributed by atoms with Crippen LogP contribution in [0.5, 0.6) is 11.6 Å². The maximum absolute atomic E-state index is 13.2. The van der Waals surface area contributed by atoms with Gasteiger partial charge < -0.3 is 15.4 Å². The minimum Gasteiger partial charge on any atom is -0.439 e. The molecule has 0 aliphatic rings. The lowest BCUT2D eigenvalue weighted by molar-refractivity contribution is 0.457. The number of ether oxygens (including phenoxy) is 1. The molecule has 0 radical (unpaired) electrons. The minimum absolute atomic E-state index is 0. The van der Waals surface area contributed by atoms with E-state index in [4.69, 9.17) is 4.74 Å². The lowest BCUT2D eigenvalue weighted by Gasteiger charge is -2.11. The van der Waals surface area contributed by atoms with Gasteiger partial charge in [0, 0.05) is 49.7 Å². The Morgan fingerprint density at radius 1 is 1.07 bits per heavy atom. The summed E-state index contributed by atoms with van der Waals surface area (Å²) >= 11 is 0. The van der Waals surface area contributed by atoms with Gasteiger partial charge in [-0.05, 0) is 36.8 Å². The number of nitrogens with one attached hydrogen (secondary N) is 2. The number of rotatable bonds is 8. The molecule has 30 heavy (non-hydrogen) atoms. The average molecular weight is 521 g/mol. The van der Waals surface area contributed by atoms with Crippen LogP contribution in [0.2, 0.25) is 0 Å². The molecule has 0 fully saturated rings. The van der Waals surface area contributed by atoms with Gasteiger partial charge in [-0.15, -0.1) is 24.0 Å². The molecule has 3 rings (SSSR count). The van der Waals surface area contributed by atoms with E-state index in [2.05, 4.69) is 25.6 Å². The van der Waals surface area contributed by atoms with E-state index in [-0.39, 0.29) is 29.8 Å². The number of benzene rings is 1. The second kappa shape index (κ2) is 12.7. The van der Waals surface area contributed by atoms with Crippen molar-refractivity contribution in [2.45, 2.75) is 19.9 Å². The maximum Gasteiger partial charge on any atom is 0.219 e. The van der Waals surface area contributed by atoms with Gasteiger partial charge in [0.05, 0.1) is 6.54 Å². The number of guanidine groups is 1. The Labute approximate surface area is 193 Å². The third-order valence-corrected chi connectivity index (χ3v) is 3.98. The van der Waals surface area contributed by atoms with Gasteiger partial charge in [0.1, 0.15) is 11.6 Å². The van der Waals surface area contributed by atoms with Crippen LogP contribution < -0.4 is 15.4 Å². The van der Waals surface area contributed by atoms with Gasteiger partial charge in [0.15, 0.2) is 5.96 Å². The average Bonchev–Trinajstić information content (AvgIpc) is 2.74. The molecule has 0 spiro atoms. The van der Waals surface area contributed by atoms with Crippen LogP contribution in [-0.2, 0) is 13.0 Å². The SMILES string of the molecule is CCNC(=NCc1ccc(Oc2cccc(F)c2)nc1)NCCc1ccccn1.I. The predicted molar refractivity (Wildman–Crippen MR) is 127 cm³/mol. The molecule has 0 amide bonds. The normalized spacial score (nSPS) is 10.8. The van der Waals surface area contributed by atoms with Crippen LogP contribution in [0.4, 0.5) is 4.39 Å². The summed E-state index contributed by atoms with van der Waals surface area (Å²) in [7, 11) is 0. The van der Waals surface area contributed by atoms with Gasteiger partial charge in [-0.3, -0.25) is 4.98 Å². The summed E-state index contributed by atoms with van der Waals surface area (Å²) < 4.78 is 18.8. The van der Waals surface area contributed by atoms with Gasteiger partial charge in [-0.25, -0.2) is 14.4 Å². The summed E-state index contributed by atoms with van der Waals surface area (Å²) in [6, 6.07) is 15.5. The molecular formula is C22H25FIN5O. The summed E-state index contributed by atoms with van der Waals surface area (Å²) in [6.45, 7) is 4.01. The van der Waals surface area contributed by atoms with Crippen LogP contribution in [0.15, 0.2) is 72.0 Å². The molecule has 2 N–H and O–H groups in total. The van der Waals surface area contributed by atoms with Gasteiger partial charge in [0.2, 0.25) is 5.88 Å². The molecule has 0 saturated carbocycles. The summed E-state index contributed by atoms with van der Waals surface area (Å²) in [4.78, 5) is 13.2. The first-order valence-electron chi connectivity index (χ1n) is 9.53. The molecule has 158 valence electrons. The van der Waals surface area contributed by atoms with E-state index >= 15 is 0 Å². The smallest absolute Gasteiger partial charge is 0.219 e. The van der Waals surface area contributed by atoms with Crippen molar-refractivity contribution in [3.63, 3.8) is 0 Å². The molecular weight excluding hydrogens is 496 g/mol. The molecule has 2 heterocycles. The van der Waals surface area contributed by atoms with Crippen LogP contribution in [-0.4, -0.2) is 29.0 Å². The number of aromatic nitrogens is 2. The fourth-order valence-corrected chi connectivity index (χ4v) is 2.58. The number of aliphatic imine (C=N–C) groups is 1. The zero-order chi connectivity index (χ0) is 20.3. The molecule has 0 bridgehead atoms. The lowest BCUT2D eigenvalue weighted by Crippen LogP contribution is -2.38. The highest BCUT2D eigenvalue weighted by Crippen LogP contribution is 2.20. The number of hydrogen-bond acceptors (Lipinski definition) is 4. The molecule has 0 unspecified atom stereocenters. The molecule has 6 nitrogen and oxygen atoms in total. The van der Waals surface area contributed by atoms with Crippen molar-refractivity contribution in [2.24, 2.45) is 4.99 Å². The van der Waals surface area contributed by atoms with Gasteiger partial charge in [-0.1, -0.05) is 18.2 Å². The van der Waals surface area contributed by atoms with Crippen LogP contribution in [0.25, 0.3) is 0 Å². The summed E-state index contributed by atoms with van der Waals surface area (Å²) in [5.41, 5.74) is 1.98. The van der Waals surface area contributed by atoms with Crippen LogP contribution >= 0.6 is 24.0 Å². The van der Waals surface area contributed by atoms with Crippen LogP contribution in [0.1, 0.15) is 18.2 Å². The molecule has 1 aromatic carbocycles. The van der Waals surface area contributed by atoms with E-state index in [0.717, 1.165) is 36.7 Å². The van der Waals surface area contributed by atoms with Crippen LogP contribution in [0.3, 0.4) is 0 Å². The molecule has 2 aromatic heterocycles. The Morgan fingerprint density at radius 2 is 1.97 bits per heavy atom. The van der Waals surface area contributed by atoms with Crippen molar-refractivity contribution in [1.82, 2.24) is 20.6 Å². The summed E-state index contributed by atoms with van der Waals surface area (Å²) in [5, 5.41) is 6.53. The number of hydrogen-bond donors (Lipinski definition) is 2. The molecule has 3 aromatic rings. The Bertz CT molecular complexity index is 922. The molecule has 8 heteroatoms. The largest absolute Gasteiger partial charge is 0.439 e. The van der Waals surface area contributed by atoms with Gasteiger partial charge in [-0.2, -0.15) is 0 Å². The lowest BCUT2D eigenvalue weighted by atomic mass is 10.3. The Kier molecular flexibility index (Phi) is 9.99. The highest BCUT2D eigenvalue weighted by molar-refractivity contribution is 14.0. The zero-order valence-electron chi connectivity index (χ0n) is 16.7. The number of nitrogens with zero attached hydrogens (tertiary/aromatic N) is 3. The third kappa shape index (κ3) is 7.94. The second-order valence-corrected chi connectivity index (χ2v) is 6.26. The first-order chi connectivity index (χ1) is 14.2. The van der Waals surface area contributed by atoms with E-state index < -0.39 is 0 Å². The Morgan fingerprint density at radius 3 is 2.67 bits per heavy atom. The zero-order valence-corrected chi connectivity index (χ0v) is 19.0. The van der Waals surface area contributed by atoms with E-state index in [1.54, 1.807) is 30.6 Å². The first kappa shape index (κ1) is 23.5. The molecule has 0 aliphatic heterocycles. The number of pyridine rings is 2. The van der Waals surface area contributed by atoms with E-state index in [1.807, 2.05) is 31.2 Å². The second-order valence-electron chi connectivity index (χ2n) is 6.26. The molecule has 0 saturated heterocycles. The van der Waals surface area contributed by atoms with Crippen molar-refractivity contribution >= 4 is 29.9 Å². The van der Waals surface area contributed by atoms with Crippen LogP contribution in [0, 0.1) is 5.82 Å². The van der Waals surface area contributed by atoms with E-state index in [0.29, 0.717) is 18.2 Å². The van der Waals surface area contributed by atoms with Gasteiger partial charge in [0.25, 0.3) is 0 Å². The highest BCUT2D eigenvalue weighted by atomic mass is 127. The molecule has 0 aliphatic carbocycles. The topological polar surface area (TPSA) is 71.4 Å². The first-order valence-corrected chi connectivity index (χ1v) is 9.53. The van der Waals surface area contributed by atoms with Crippen molar-refractivity contribution in [2.75, 3.05) is 13.1 Å². The quantitative estimate of drug-likeness (QED) is 0.263. The van der Waals surface area contributed by atoms with Crippen molar-refractivity contribution in [3.8, 4) is 11.6 Å². The maximum atomic E-state index is 13.2. The van der Waals surface area contributed by atoms with Gasteiger partial charge >= 0.3 is 0 Å². The fourth-order valence-electron chi connectivity index (χ4n) is 2.58. The fraction of sp³-hybridized carbons (Fsp3) is 0.227. The molecule has 0 atom stereocenters. The van der Waals surface area contributed by atoms with Crippen molar-refractivity contribution in [3.05, 3.63) is 84.1 Å². The minimum atomic E-state index is -0.347. The van der Waals surface area contributed by atoms with E-state index in [1.165, 1.54) is 12.1 Å². The number of halogens is 2. The summed E-state index contributed by atoms with van der Waals surface area (Å²) in [5.74, 6) is 1.21. The third-order valence-electron chi connectivity index (χ3n) is 3.98. The summed E-state index contributed by atoms with van der Waals surface area (Å²) in [6.07, 6.45) is 4.32. The Hall–Kier alpha value is -2.75. The van der Waals surface area contributed by atoms with Crippen molar-refractivity contribution < 1.29 is 9.13 Å². The highest BCUT2D eigenvalue weighted by Gasteiger charge is 2.02. The predicted octanol–water partition coefficient (Wildman–Crippen LogP) is 4.32. The van der Waals surface area contributed by atoms with Crippen molar-refractivity contribution in [1.29, 1.82) is 0 Å². The Balaban J connectivity index is 0.00000320.